The second-order valence-electron chi connectivity index (χ2n) is 9.56. The minimum atomic E-state index is -0.392. The van der Waals surface area contributed by atoms with Gasteiger partial charge >= 0.3 is 6.09 Å². The van der Waals surface area contributed by atoms with E-state index in [1.54, 1.807) is 0 Å². The molecule has 3 heteroatoms. The average Bonchev–Trinajstić information content (AvgIpc) is 3.19. The van der Waals surface area contributed by atoms with Crippen LogP contribution in [-0.2, 0) is 10.3 Å². The largest absolute Gasteiger partial charge is 0.438 e. The lowest BCUT2D eigenvalue weighted by Crippen LogP contribution is -2.54. The van der Waals surface area contributed by atoms with Gasteiger partial charge in [0, 0.05) is 13.1 Å². The van der Waals surface area contributed by atoms with Crippen molar-refractivity contribution in [3.8, 4) is 0 Å². The Labute approximate surface area is 163 Å². The average molecular weight is 368 g/mol. The highest BCUT2D eigenvalue weighted by Crippen LogP contribution is 2.50. The highest BCUT2D eigenvalue weighted by atomic mass is 16.6. The van der Waals surface area contributed by atoms with E-state index in [0.29, 0.717) is 11.8 Å². The third kappa shape index (κ3) is 3.17. The van der Waals surface area contributed by atoms with Gasteiger partial charge in [-0.2, -0.15) is 0 Å². The van der Waals surface area contributed by atoms with Gasteiger partial charge in [-0.1, -0.05) is 56.0 Å². The van der Waals surface area contributed by atoms with Crippen LogP contribution in [0.15, 0.2) is 30.3 Å². The molecule has 3 nitrogen and oxygen atoms in total. The Morgan fingerprint density at radius 1 is 0.852 bits per heavy atom. The Morgan fingerprint density at radius 2 is 1.44 bits per heavy atom. The maximum Gasteiger partial charge on any atom is 0.410 e. The van der Waals surface area contributed by atoms with E-state index >= 15 is 0 Å². The number of hydrogen-bond acceptors (Lipinski definition) is 2. The van der Waals surface area contributed by atoms with Crippen LogP contribution >= 0.6 is 0 Å². The predicted octanol–water partition coefficient (Wildman–Crippen LogP) is 5.74. The number of amides is 1. The molecule has 1 aromatic rings. The van der Waals surface area contributed by atoms with Gasteiger partial charge < -0.3 is 9.64 Å². The second-order valence-corrected chi connectivity index (χ2v) is 9.56. The summed E-state index contributed by atoms with van der Waals surface area (Å²) < 4.78 is 6.33. The van der Waals surface area contributed by atoms with Gasteiger partial charge in [0.15, 0.2) is 0 Å². The van der Waals surface area contributed by atoms with Gasteiger partial charge in [0.25, 0.3) is 0 Å². The van der Waals surface area contributed by atoms with Crippen molar-refractivity contribution in [2.24, 2.45) is 23.7 Å². The van der Waals surface area contributed by atoms with Crippen molar-refractivity contribution < 1.29 is 9.53 Å². The van der Waals surface area contributed by atoms with Crippen LogP contribution in [0.1, 0.15) is 69.8 Å². The van der Waals surface area contributed by atoms with E-state index in [0.717, 1.165) is 50.6 Å². The molecule has 1 saturated heterocycles. The number of piperidine rings is 1. The first-order valence-electron chi connectivity index (χ1n) is 11.3. The van der Waals surface area contributed by atoms with Gasteiger partial charge in [-0.3, -0.25) is 0 Å². The molecule has 0 bridgehead atoms. The summed E-state index contributed by atoms with van der Waals surface area (Å²) in [5.74, 6) is 3.25. The molecule has 0 N–H and O–H groups in total. The molecule has 5 rings (SSSR count). The molecule has 27 heavy (non-hydrogen) atoms. The van der Waals surface area contributed by atoms with Crippen LogP contribution in [0.25, 0.3) is 0 Å². The van der Waals surface area contributed by atoms with Gasteiger partial charge in [-0.15, -0.1) is 0 Å². The van der Waals surface area contributed by atoms with E-state index < -0.39 is 5.60 Å². The molecular weight excluding hydrogens is 334 g/mol. The van der Waals surface area contributed by atoms with Gasteiger partial charge in [0.05, 0.1) is 0 Å². The van der Waals surface area contributed by atoms with Crippen molar-refractivity contribution in [3.05, 3.63) is 35.9 Å². The lowest BCUT2D eigenvalue weighted by atomic mass is 9.59. The fourth-order valence-corrected chi connectivity index (χ4v) is 6.94. The lowest BCUT2D eigenvalue weighted by molar-refractivity contribution is -0.0539. The van der Waals surface area contributed by atoms with Crippen LogP contribution in [0.3, 0.4) is 0 Å². The zero-order chi connectivity index (χ0) is 18.3. The number of rotatable bonds is 2. The maximum absolute atomic E-state index is 13.3. The number of hydrogen-bond donors (Lipinski definition) is 0. The molecule has 1 aliphatic heterocycles. The number of nitrogens with zero attached hydrogens (tertiary/aromatic N) is 1. The van der Waals surface area contributed by atoms with Crippen molar-refractivity contribution >= 4 is 6.09 Å². The van der Waals surface area contributed by atoms with Crippen molar-refractivity contribution in [1.82, 2.24) is 4.90 Å². The third-order valence-electron chi connectivity index (χ3n) is 8.09. The molecule has 2 unspecified atom stereocenters. The van der Waals surface area contributed by atoms with Crippen LogP contribution < -0.4 is 0 Å². The Bertz CT molecular complexity index is 646. The summed E-state index contributed by atoms with van der Waals surface area (Å²) in [6.45, 7) is 1.86. The first kappa shape index (κ1) is 17.6. The molecule has 1 heterocycles. The standard InChI is InChI=1S/C24H33NO2/c26-23(27-24(14-4-5-15-24)21-12-2-1-3-13-21)25-16-19-10-6-8-18-9-7-11-20(17-25)22(18)19/h1-3,12-13,18-20,22H,4-11,14-17H2. The highest BCUT2D eigenvalue weighted by Gasteiger charge is 2.47. The molecule has 3 saturated carbocycles. The van der Waals surface area contributed by atoms with Gasteiger partial charge in [0.2, 0.25) is 0 Å². The zero-order valence-corrected chi connectivity index (χ0v) is 16.4. The van der Waals surface area contributed by atoms with Crippen LogP contribution in [-0.4, -0.2) is 24.1 Å². The Balaban J connectivity index is 1.33. The van der Waals surface area contributed by atoms with Gasteiger partial charge in [-0.05, 0) is 67.8 Å². The molecule has 3 aliphatic carbocycles. The predicted molar refractivity (Wildman–Crippen MR) is 106 cm³/mol. The summed E-state index contributed by atoms with van der Waals surface area (Å²) in [6.07, 6.45) is 12.4. The summed E-state index contributed by atoms with van der Waals surface area (Å²) >= 11 is 0. The second kappa shape index (κ2) is 7.14. The molecule has 2 atom stereocenters. The smallest absolute Gasteiger partial charge is 0.410 e. The summed E-state index contributed by atoms with van der Waals surface area (Å²) in [5.41, 5.74) is 0.790. The monoisotopic (exact) mass is 367 g/mol. The molecule has 0 spiro atoms. The third-order valence-corrected chi connectivity index (χ3v) is 8.09. The molecule has 1 aromatic carbocycles. The fourth-order valence-electron chi connectivity index (χ4n) is 6.94. The molecule has 0 radical (unpaired) electrons. The first-order valence-corrected chi connectivity index (χ1v) is 11.3. The van der Waals surface area contributed by atoms with E-state index in [9.17, 15) is 4.79 Å². The minimum Gasteiger partial charge on any atom is -0.438 e. The van der Waals surface area contributed by atoms with Crippen LogP contribution in [0.4, 0.5) is 4.79 Å². The zero-order valence-electron chi connectivity index (χ0n) is 16.4. The number of benzene rings is 1. The Morgan fingerprint density at radius 3 is 2.07 bits per heavy atom. The number of likely N-dealkylation sites (tertiary alicyclic amines) is 1. The number of ether oxygens (including phenoxy) is 1. The van der Waals surface area contributed by atoms with E-state index in [2.05, 4.69) is 29.2 Å². The molecule has 1 amide bonds. The maximum atomic E-state index is 13.3. The van der Waals surface area contributed by atoms with Crippen LogP contribution in [0, 0.1) is 23.7 Å². The normalized spacial score (nSPS) is 34.7. The molecule has 4 aliphatic rings. The fraction of sp³-hybridized carbons (Fsp3) is 0.708. The summed E-state index contributed by atoms with van der Waals surface area (Å²) in [5, 5.41) is 0. The SMILES string of the molecule is O=C(OC1(c2ccccc2)CCCC1)N1CC2CCCC3CCCC(C1)C32. The van der Waals surface area contributed by atoms with Crippen molar-refractivity contribution in [1.29, 1.82) is 0 Å². The van der Waals surface area contributed by atoms with E-state index in [1.165, 1.54) is 44.1 Å². The molecule has 4 fully saturated rings. The van der Waals surface area contributed by atoms with Gasteiger partial charge in [0.1, 0.15) is 5.60 Å². The summed E-state index contributed by atoms with van der Waals surface area (Å²) in [7, 11) is 0. The molecule has 146 valence electrons. The van der Waals surface area contributed by atoms with E-state index in [4.69, 9.17) is 4.74 Å². The van der Waals surface area contributed by atoms with Crippen molar-refractivity contribution in [2.75, 3.05) is 13.1 Å². The molecule has 0 aromatic heterocycles. The topological polar surface area (TPSA) is 29.5 Å². The minimum absolute atomic E-state index is 0.0492. The summed E-state index contributed by atoms with van der Waals surface area (Å²) in [4.78, 5) is 15.4. The van der Waals surface area contributed by atoms with Crippen LogP contribution in [0.2, 0.25) is 0 Å². The first-order chi connectivity index (χ1) is 13.3. The van der Waals surface area contributed by atoms with E-state index in [1.807, 2.05) is 6.07 Å². The van der Waals surface area contributed by atoms with E-state index in [-0.39, 0.29) is 6.09 Å². The Kier molecular flexibility index (Phi) is 4.65. The van der Waals surface area contributed by atoms with Crippen molar-refractivity contribution in [3.63, 3.8) is 0 Å². The number of carbonyl (C=O) groups excluding carboxylic acids is 1. The number of carbonyl (C=O) groups is 1. The van der Waals surface area contributed by atoms with Crippen molar-refractivity contribution in [2.45, 2.75) is 69.8 Å². The quantitative estimate of drug-likeness (QED) is 0.667. The lowest BCUT2D eigenvalue weighted by Gasteiger charge is -2.52. The Hall–Kier alpha value is -1.51. The highest BCUT2D eigenvalue weighted by molar-refractivity contribution is 5.68. The van der Waals surface area contributed by atoms with Crippen LogP contribution in [0.5, 0.6) is 0 Å². The van der Waals surface area contributed by atoms with Gasteiger partial charge in [-0.25, -0.2) is 4.79 Å². The molecular formula is C24H33NO2. The summed E-state index contributed by atoms with van der Waals surface area (Å²) in [6, 6.07) is 10.5.